The molecule has 7 nitrogen and oxygen atoms in total. The Morgan fingerprint density at radius 3 is 2.62 bits per heavy atom. The number of hydrogen-bond acceptors (Lipinski definition) is 4. The van der Waals surface area contributed by atoms with Gasteiger partial charge in [0.1, 0.15) is 5.56 Å². The van der Waals surface area contributed by atoms with E-state index in [0.717, 1.165) is 11.0 Å². The molecule has 9 heteroatoms. The summed E-state index contributed by atoms with van der Waals surface area (Å²) in [5, 5.41) is 12.7. The van der Waals surface area contributed by atoms with E-state index in [1.165, 1.54) is 16.8 Å². The summed E-state index contributed by atoms with van der Waals surface area (Å²) in [5.41, 5.74) is -0.381. The van der Waals surface area contributed by atoms with Crippen molar-refractivity contribution in [3.05, 3.63) is 96.2 Å². The number of nitrogens with one attached hydrogen (secondary N) is 1. The molecule has 3 aromatic rings. The monoisotopic (exact) mass is 470 g/mol. The highest BCUT2D eigenvalue weighted by atomic mass is 35.5. The second-order valence-corrected chi connectivity index (χ2v) is 7.94. The molecule has 0 radical (unpaired) electrons. The van der Waals surface area contributed by atoms with Gasteiger partial charge in [-0.05, 0) is 42.3 Å². The number of nitrogens with zero attached hydrogens (tertiary/aromatic N) is 3. The molecule has 3 rings (SSSR count). The van der Waals surface area contributed by atoms with Crippen molar-refractivity contribution in [1.29, 1.82) is 5.26 Å². The van der Waals surface area contributed by atoms with Crippen LogP contribution in [0, 0.1) is 11.3 Å². The summed E-state index contributed by atoms with van der Waals surface area (Å²) in [6.07, 6.45) is 2.80. The maximum absolute atomic E-state index is 13.1. The van der Waals surface area contributed by atoms with Crippen LogP contribution >= 0.6 is 23.2 Å². The number of carbonyl (C=O) groups is 1. The predicted octanol–water partition coefficient (Wildman–Crippen LogP) is 3.91. The molecule has 0 aliphatic rings. The lowest BCUT2D eigenvalue weighted by Crippen LogP contribution is -2.43. The van der Waals surface area contributed by atoms with Crippen molar-refractivity contribution in [3.8, 4) is 11.8 Å². The SMILES string of the molecule is CCCCn1cc(C(=O)NCc2ccc(Cl)cc2Cl)c(=O)n(-c2cccc(C#N)c2)c1=O. The van der Waals surface area contributed by atoms with Crippen molar-refractivity contribution in [3.63, 3.8) is 0 Å². The number of halogens is 2. The number of nitriles is 1. The molecule has 0 spiro atoms. The van der Waals surface area contributed by atoms with Crippen molar-refractivity contribution >= 4 is 29.1 Å². The molecule has 32 heavy (non-hydrogen) atoms. The fourth-order valence-corrected chi connectivity index (χ4v) is 3.60. The van der Waals surface area contributed by atoms with Gasteiger partial charge < -0.3 is 5.32 Å². The summed E-state index contributed by atoms with van der Waals surface area (Å²) in [6.45, 7) is 2.39. The summed E-state index contributed by atoms with van der Waals surface area (Å²) in [4.78, 5) is 39.1. The van der Waals surface area contributed by atoms with Crippen LogP contribution < -0.4 is 16.6 Å². The van der Waals surface area contributed by atoms with Crippen LogP contribution in [0.1, 0.15) is 41.3 Å². The largest absolute Gasteiger partial charge is 0.348 e. The average molecular weight is 471 g/mol. The summed E-state index contributed by atoms with van der Waals surface area (Å²) in [7, 11) is 0. The van der Waals surface area contributed by atoms with Gasteiger partial charge >= 0.3 is 5.69 Å². The molecule has 0 aliphatic heterocycles. The number of amides is 1. The summed E-state index contributed by atoms with van der Waals surface area (Å²) < 4.78 is 2.26. The molecule has 0 atom stereocenters. The Hall–Kier alpha value is -3.34. The highest BCUT2D eigenvalue weighted by molar-refractivity contribution is 6.35. The summed E-state index contributed by atoms with van der Waals surface area (Å²) in [6, 6.07) is 13.0. The zero-order chi connectivity index (χ0) is 23.3. The maximum atomic E-state index is 13.1. The summed E-state index contributed by atoms with van der Waals surface area (Å²) in [5.74, 6) is -0.642. The fourth-order valence-electron chi connectivity index (χ4n) is 3.12. The Morgan fingerprint density at radius 1 is 1.16 bits per heavy atom. The van der Waals surface area contributed by atoms with E-state index in [0.29, 0.717) is 34.1 Å². The molecule has 0 fully saturated rings. The molecule has 0 saturated carbocycles. The van der Waals surface area contributed by atoms with Crippen molar-refractivity contribution in [2.24, 2.45) is 0 Å². The Balaban J connectivity index is 2.04. The van der Waals surface area contributed by atoms with Crippen LogP contribution in [0.4, 0.5) is 0 Å². The second kappa shape index (κ2) is 10.3. The zero-order valence-electron chi connectivity index (χ0n) is 17.3. The molecule has 0 unspecified atom stereocenters. The third-order valence-electron chi connectivity index (χ3n) is 4.84. The molecular formula is C23H20Cl2N4O3. The van der Waals surface area contributed by atoms with Gasteiger partial charge in [0, 0.05) is 29.3 Å². The minimum absolute atomic E-state index is 0.0757. The molecule has 0 bridgehead atoms. The Kier molecular flexibility index (Phi) is 7.52. The van der Waals surface area contributed by atoms with E-state index in [-0.39, 0.29) is 17.8 Å². The average Bonchev–Trinajstić information content (AvgIpc) is 2.78. The minimum Gasteiger partial charge on any atom is -0.348 e. The van der Waals surface area contributed by atoms with E-state index in [2.05, 4.69) is 5.32 Å². The van der Waals surface area contributed by atoms with E-state index in [9.17, 15) is 19.6 Å². The Labute approximate surface area is 194 Å². The maximum Gasteiger partial charge on any atom is 0.335 e. The molecular weight excluding hydrogens is 451 g/mol. The van der Waals surface area contributed by atoms with Crippen LogP contribution in [0.3, 0.4) is 0 Å². The van der Waals surface area contributed by atoms with Crippen LogP contribution in [0.5, 0.6) is 0 Å². The van der Waals surface area contributed by atoms with Gasteiger partial charge in [0.25, 0.3) is 11.5 Å². The molecule has 1 heterocycles. The normalized spacial score (nSPS) is 10.6. The summed E-state index contributed by atoms with van der Waals surface area (Å²) >= 11 is 12.1. The van der Waals surface area contributed by atoms with Gasteiger partial charge in [0.05, 0.1) is 17.3 Å². The van der Waals surface area contributed by atoms with E-state index in [4.69, 9.17) is 23.2 Å². The first-order valence-corrected chi connectivity index (χ1v) is 10.7. The lowest BCUT2D eigenvalue weighted by atomic mass is 10.2. The van der Waals surface area contributed by atoms with Gasteiger partial charge in [-0.25, -0.2) is 9.36 Å². The van der Waals surface area contributed by atoms with Gasteiger partial charge in [-0.1, -0.05) is 48.7 Å². The number of aromatic nitrogens is 2. The molecule has 1 N–H and O–H groups in total. The lowest BCUT2D eigenvalue weighted by molar-refractivity contribution is 0.0948. The molecule has 1 aromatic heterocycles. The van der Waals surface area contributed by atoms with Crippen molar-refractivity contribution in [2.75, 3.05) is 0 Å². The minimum atomic E-state index is -0.766. The number of unbranched alkanes of at least 4 members (excludes halogenated alkanes) is 1. The van der Waals surface area contributed by atoms with Gasteiger partial charge in [0.2, 0.25) is 0 Å². The number of aryl methyl sites for hydroxylation is 1. The van der Waals surface area contributed by atoms with Gasteiger partial charge in [0.15, 0.2) is 0 Å². The Bertz CT molecular complexity index is 1320. The number of benzene rings is 2. The molecule has 0 aliphatic carbocycles. The highest BCUT2D eigenvalue weighted by Crippen LogP contribution is 2.20. The topological polar surface area (TPSA) is 96.9 Å². The van der Waals surface area contributed by atoms with Crippen LogP contribution in [0.25, 0.3) is 5.69 Å². The fraction of sp³-hybridized carbons (Fsp3) is 0.217. The van der Waals surface area contributed by atoms with Crippen LogP contribution in [0.15, 0.2) is 58.3 Å². The highest BCUT2D eigenvalue weighted by Gasteiger charge is 2.19. The van der Waals surface area contributed by atoms with E-state index < -0.39 is 17.2 Å². The van der Waals surface area contributed by atoms with Crippen LogP contribution in [-0.4, -0.2) is 15.0 Å². The van der Waals surface area contributed by atoms with Gasteiger partial charge in [-0.15, -0.1) is 0 Å². The number of hydrogen-bond donors (Lipinski definition) is 1. The van der Waals surface area contributed by atoms with Gasteiger partial charge in [-0.2, -0.15) is 5.26 Å². The molecule has 164 valence electrons. The quantitative estimate of drug-likeness (QED) is 0.565. The zero-order valence-corrected chi connectivity index (χ0v) is 18.8. The third kappa shape index (κ3) is 5.10. The number of carbonyl (C=O) groups excluding carboxylic acids is 1. The van der Waals surface area contributed by atoms with Crippen molar-refractivity contribution in [2.45, 2.75) is 32.9 Å². The number of rotatable bonds is 7. The Morgan fingerprint density at radius 2 is 1.94 bits per heavy atom. The molecule has 0 saturated heterocycles. The predicted molar refractivity (Wildman–Crippen MR) is 124 cm³/mol. The van der Waals surface area contributed by atoms with Crippen molar-refractivity contribution in [1.82, 2.24) is 14.5 Å². The first-order chi connectivity index (χ1) is 15.3. The van der Waals surface area contributed by atoms with Crippen LogP contribution in [0.2, 0.25) is 10.0 Å². The standard InChI is InChI=1S/C23H20Cl2N4O3/c1-2-3-9-28-14-19(21(30)27-13-16-7-8-17(24)11-20(16)25)22(31)29(23(28)32)18-6-4-5-15(10-18)12-26/h4-8,10-11,14H,2-3,9,13H2,1H3,(H,27,30). The smallest absolute Gasteiger partial charge is 0.335 e. The van der Waals surface area contributed by atoms with Crippen LogP contribution in [-0.2, 0) is 13.1 Å². The molecule has 2 aromatic carbocycles. The van der Waals surface area contributed by atoms with Crippen molar-refractivity contribution < 1.29 is 4.79 Å². The first kappa shape index (κ1) is 23.3. The first-order valence-electron chi connectivity index (χ1n) is 9.95. The third-order valence-corrected chi connectivity index (χ3v) is 5.43. The van der Waals surface area contributed by atoms with E-state index in [1.807, 2.05) is 13.0 Å². The van der Waals surface area contributed by atoms with Gasteiger partial charge in [-0.3, -0.25) is 14.2 Å². The van der Waals surface area contributed by atoms with E-state index >= 15 is 0 Å². The van der Waals surface area contributed by atoms with E-state index in [1.54, 1.807) is 36.4 Å². The lowest BCUT2D eigenvalue weighted by Gasteiger charge is -2.13. The molecule has 1 amide bonds. The second-order valence-electron chi connectivity index (χ2n) is 7.09.